The number of furan rings is 1. The van der Waals surface area contributed by atoms with Crippen molar-refractivity contribution < 1.29 is 18.0 Å². The van der Waals surface area contributed by atoms with Gasteiger partial charge in [-0.15, -0.1) is 5.10 Å². The lowest BCUT2D eigenvalue weighted by atomic mass is 10.0. The maximum absolute atomic E-state index is 14.3. The highest BCUT2D eigenvalue weighted by Crippen LogP contribution is 2.27. The zero-order chi connectivity index (χ0) is 20.7. The van der Waals surface area contributed by atoms with Crippen LogP contribution in [0.1, 0.15) is 10.4 Å². The zero-order valence-corrected chi connectivity index (χ0v) is 15.8. The van der Waals surface area contributed by atoms with E-state index in [0.29, 0.717) is 11.3 Å². The maximum Gasteiger partial charge on any atom is 0.322 e. The highest BCUT2D eigenvalue weighted by Gasteiger charge is 2.16. The predicted octanol–water partition coefficient (Wildman–Crippen LogP) is 4.88. The second-order valence-corrected chi connectivity index (χ2v) is 6.77. The third-order valence-corrected chi connectivity index (χ3v) is 4.76. The lowest BCUT2D eigenvalue weighted by Crippen LogP contribution is -2.12. The number of rotatable bonds is 4. The third-order valence-electron chi connectivity index (χ3n) is 4.76. The lowest BCUT2D eigenvalue weighted by molar-refractivity contribution is 0.102. The Morgan fingerprint density at radius 2 is 1.97 bits per heavy atom. The molecule has 8 heteroatoms. The van der Waals surface area contributed by atoms with Crippen LogP contribution in [0.25, 0.3) is 33.7 Å². The second kappa shape index (κ2) is 7.00. The molecule has 5 aromatic rings. The van der Waals surface area contributed by atoms with Gasteiger partial charge in [0.25, 0.3) is 11.8 Å². The summed E-state index contributed by atoms with van der Waals surface area (Å²) in [6.45, 7) is 0. The molecule has 0 atom stereocenters. The Labute approximate surface area is 169 Å². The number of benzene rings is 2. The number of nitrogens with one attached hydrogen (secondary N) is 1. The summed E-state index contributed by atoms with van der Waals surface area (Å²) in [7, 11) is 1.96. The van der Waals surface area contributed by atoms with Crippen LogP contribution >= 0.6 is 0 Å². The van der Waals surface area contributed by atoms with Crippen LogP contribution < -0.4 is 5.32 Å². The van der Waals surface area contributed by atoms with Crippen LogP contribution in [0.5, 0.6) is 0 Å². The molecular formula is C22H15FN4O3. The Hall–Kier alpha value is -4.20. The van der Waals surface area contributed by atoms with Crippen LogP contribution in [0, 0.1) is 5.82 Å². The largest absolute Gasteiger partial charge is 0.459 e. The average Bonchev–Trinajstić information content (AvgIpc) is 3.49. The van der Waals surface area contributed by atoms with Gasteiger partial charge >= 0.3 is 6.01 Å². The fourth-order valence-electron chi connectivity index (χ4n) is 3.29. The van der Waals surface area contributed by atoms with Crippen LogP contribution in [0.3, 0.4) is 0 Å². The van der Waals surface area contributed by atoms with Crippen LogP contribution in [-0.2, 0) is 7.05 Å². The van der Waals surface area contributed by atoms with Gasteiger partial charge in [-0.1, -0.05) is 11.2 Å². The molecule has 148 valence electrons. The monoisotopic (exact) mass is 402 g/mol. The second-order valence-electron chi connectivity index (χ2n) is 6.77. The van der Waals surface area contributed by atoms with E-state index < -0.39 is 11.7 Å². The number of halogens is 1. The van der Waals surface area contributed by atoms with Crippen molar-refractivity contribution in [2.24, 2.45) is 7.05 Å². The van der Waals surface area contributed by atoms with Crippen LogP contribution in [0.15, 0.2) is 75.9 Å². The molecule has 0 fully saturated rings. The molecule has 3 heterocycles. The first-order valence-electron chi connectivity index (χ1n) is 9.11. The first-order chi connectivity index (χ1) is 14.6. The Bertz CT molecular complexity index is 1370. The van der Waals surface area contributed by atoms with Crippen molar-refractivity contribution in [1.29, 1.82) is 0 Å². The molecule has 0 spiro atoms. The van der Waals surface area contributed by atoms with Crippen molar-refractivity contribution in [1.82, 2.24) is 14.8 Å². The van der Waals surface area contributed by atoms with Gasteiger partial charge in [0.15, 0.2) is 5.76 Å². The van der Waals surface area contributed by atoms with Crippen LogP contribution in [0.2, 0.25) is 0 Å². The minimum Gasteiger partial charge on any atom is -0.459 e. The molecule has 0 aliphatic carbocycles. The molecule has 0 radical (unpaired) electrons. The highest BCUT2D eigenvalue weighted by molar-refractivity contribution is 6.04. The quantitative estimate of drug-likeness (QED) is 0.463. The van der Waals surface area contributed by atoms with E-state index in [1.807, 2.05) is 42.1 Å². The zero-order valence-electron chi connectivity index (χ0n) is 15.8. The van der Waals surface area contributed by atoms with E-state index in [1.54, 1.807) is 18.2 Å². The minimum absolute atomic E-state index is 0.108. The summed E-state index contributed by atoms with van der Waals surface area (Å²) in [5.74, 6) is -0.572. The van der Waals surface area contributed by atoms with Crippen LogP contribution in [-0.4, -0.2) is 20.7 Å². The van der Waals surface area contributed by atoms with Gasteiger partial charge in [0.2, 0.25) is 0 Å². The molecule has 5 rings (SSSR count). The first-order valence-corrected chi connectivity index (χ1v) is 9.11. The lowest BCUT2D eigenvalue weighted by Gasteiger charge is -2.07. The van der Waals surface area contributed by atoms with E-state index in [4.69, 9.17) is 8.83 Å². The number of fused-ring (bicyclic) bond motifs is 1. The summed E-state index contributed by atoms with van der Waals surface area (Å²) in [4.78, 5) is 12.6. The molecule has 1 N–H and O–H groups in total. The minimum atomic E-state index is -0.564. The number of aromatic nitrogens is 3. The van der Waals surface area contributed by atoms with Crippen molar-refractivity contribution in [3.63, 3.8) is 0 Å². The van der Waals surface area contributed by atoms with Gasteiger partial charge in [0, 0.05) is 29.7 Å². The third kappa shape index (κ3) is 3.24. The summed E-state index contributed by atoms with van der Waals surface area (Å²) in [6.07, 6.45) is 3.43. The van der Waals surface area contributed by atoms with Gasteiger partial charge < -0.3 is 13.4 Å². The van der Waals surface area contributed by atoms with Crippen molar-refractivity contribution in [3.8, 4) is 22.8 Å². The van der Waals surface area contributed by atoms with Gasteiger partial charge in [-0.2, -0.15) is 0 Å². The number of nitrogens with zero attached hydrogens (tertiary/aromatic N) is 3. The molecular weight excluding hydrogens is 387 g/mol. The van der Waals surface area contributed by atoms with E-state index in [1.165, 1.54) is 12.3 Å². The summed E-state index contributed by atoms with van der Waals surface area (Å²) in [6, 6.07) is 15.2. The molecule has 1 amide bonds. The van der Waals surface area contributed by atoms with Crippen molar-refractivity contribution in [3.05, 3.63) is 78.4 Å². The molecule has 0 saturated carbocycles. The summed E-state index contributed by atoms with van der Waals surface area (Å²) in [5.41, 5.74) is 2.60. The van der Waals surface area contributed by atoms with E-state index in [-0.39, 0.29) is 17.5 Å². The van der Waals surface area contributed by atoms with E-state index >= 15 is 0 Å². The summed E-state index contributed by atoms with van der Waals surface area (Å²) in [5, 5.41) is 11.1. The molecule has 0 unspecified atom stereocenters. The number of carbonyl (C=O) groups is 1. The molecule has 3 aromatic heterocycles. The number of hydrogen-bond acceptors (Lipinski definition) is 5. The summed E-state index contributed by atoms with van der Waals surface area (Å²) < 4.78 is 26.8. The number of anilines is 1. The summed E-state index contributed by atoms with van der Waals surface area (Å²) >= 11 is 0. The van der Waals surface area contributed by atoms with Gasteiger partial charge in [-0.3, -0.25) is 10.1 Å². The Kier molecular flexibility index (Phi) is 4.17. The smallest absolute Gasteiger partial charge is 0.322 e. The number of aryl methyl sites for hydroxylation is 1. The number of amides is 1. The molecule has 2 aromatic carbocycles. The SMILES string of the molecule is Cn1ccc2cc(-c3cc(F)cc(C(=O)Nc4nnc(-c5ccco5)o4)c3)ccc21. The molecule has 7 nitrogen and oxygen atoms in total. The van der Waals surface area contributed by atoms with Gasteiger partial charge in [-0.25, -0.2) is 4.39 Å². The Balaban J connectivity index is 1.43. The fraction of sp³-hybridized carbons (Fsp3) is 0.0455. The maximum atomic E-state index is 14.3. The highest BCUT2D eigenvalue weighted by atomic mass is 19.1. The van der Waals surface area contributed by atoms with E-state index in [9.17, 15) is 9.18 Å². The molecule has 0 saturated heterocycles. The Morgan fingerprint density at radius 3 is 2.80 bits per heavy atom. The topological polar surface area (TPSA) is 86.1 Å². The molecule has 30 heavy (non-hydrogen) atoms. The number of hydrogen-bond donors (Lipinski definition) is 1. The standard InChI is InChI=1S/C22H15FN4O3/c1-27-7-6-14-9-13(4-5-18(14)27)15-10-16(12-17(23)11-15)20(28)24-22-26-25-21(30-22)19-3-2-8-29-19/h2-12H,1H3,(H,24,26,28). The molecule has 0 bridgehead atoms. The fourth-order valence-corrected chi connectivity index (χ4v) is 3.29. The van der Waals surface area contributed by atoms with Crippen molar-refractivity contribution in [2.45, 2.75) is 0 Å². The van der Waals surface area contributed by atoms with Gasteiger partial charge in [0.05, 0.1) is 6.26 Å². The normalized spacial score (nSPS) is 11.1. The predicted molar refractivity (Wildman–Crippen MR) is 108 cm³/mol. The van der Waals surface area contributed by atoms with Gasteiger partial charge in [-0.05, 0) is 59.7 Å². The van der Waals surface area contributed by atoms with Crippen molar-refractivity contribution in [2.75, 3.05) is 5.32 Å². The van der Waals surface area contributed by atoms with E-state index in [2.05, 4.69) is 15.5 Å². The van der Waals surface area contributed by atoms with E-state index in [0.717, 1.165) is 22.5 Å². The molecule has 0 aliphatic heterocycles. The van der Waals surface area contributed by atoms with Crippen LogP contribution in [0.4, 0.5) is 10.4 Å². The van der Waals surface area contributed by atoms with Crippen molar-refractivity contribution >= 4 is 22.8 Å². The Morgan fingerprint density at radius 1 is 1.07 bits per heavy atom. The molecule has 0 aliphatic rings. The number of carbonyl (C=O) groups excluding carboxylic acids is 1. The first kappa shape index (κ1) is 17.9. The van der Waals surface area contributed by atoms with Gasteiger partial charge in [0.1, 0.15) is 5.82 Å². The average molecular weight is 402 g/mol.